The van der Waals surface area contributed by atoms with Crippen LogP contribution in [0.3, 0.4) is 0 Å². The Morgan fingerprint density at radius 2 is 1.91 bits per heavy atom. The van der Waals surface area contributed by atoms with Gasteiger partial charge in [0.2, 0.25) is 0 Å². The fourth-order valence-electron chi connectivity index (χ4n) is 9.42. The molecule has 196 valence electrons. The van der Waals surface area contributed by atoms with Crippen LogP contribution in [0, 0.1) is 34.5 Å². The molecule has 0 bridgehead atoms. The van der Waals surface area contributed by atoms with Crippen LogP contribution in [0.5, 0.6) is 0 Å². The Morgan fingerprint density at radius 1 is 1.17 bits per heavy atom. The van der Waals surface area contributed by atoms with E-state index in [0.717, 1.165) is 50.5 Å². The number of fused-ring (bicyclic) bond motifs is 5. The van der Waals surface area contributed by atoms with Crippen molar-refractivity contribution in [1.82, 2.24) is 0 Å². The van der Waals surface area contributed by atoms with E-state index in [1.807, 2.05) is 27.7 Å². The Bertz CT molecular complexity index is 933. The molecule has 5 rings (SSSR count). The van der Waals surface area contributed by atoms with E-state index in [-0.39, 0.29) is 34.9 Å². The summed E-state index contributed by atoms with van der Waals surface area (Å²) in [6.45, 7) is 13.2. The van der Waals surface area contributed by atoms with Crippen molar-refractivity contribution in [2.45, 2.75) is 117 Å². The first-order valence-corrected chi connectivity index (χ1v) is 14.0. The fourth-order valence-corrected chi connectivity index (χ4v) is 9.42. The largest absolute Gasteiger partial charge is 0.456 e. The van der Waals surface area contributed by atoms with Crippen LogP contribution in [0.1, 0.15) is 92.9 Å². The van der Waals surface area contributed by atoms with Crippen molar-refractivity contribution < 1.29 is 24.5 Å². The summed E-state index contributed by atoms with van der Waals surface area (Å²) in [5.41, 5.74) is 1.91. The lowest BCUT2D eigenvalue weighted by molar-refractivity contribution is -0.183. The molecular weight excluding hydrogens is 440 g/mol. The number of rotatable bonds is 4. The molecule has 1 heterocycles. The third-order valence-electron chi connectivity index (χ3n) is 11.6. The van der Waals surface area contributed by atoms with E-state index in [2.05, 4.69) is 19.9 Å². The molecular formula is C30H46O5. The van der Waals surface area contributed by atoms with Crippen LogP contribution in [-0.4, -0.2) is 46.7 Å². The second kappa shape index (κ2) is 8.70. The highest BCUT2D eigenvalue weighted by Crippen LogP contribution is 2.68. The maximum Gasteiger partial charge on any atom is 0.334 e. The molecule has 10 atom stereocenters. The first-order valence-electron chi connectivity index (χ1n) is 14.0. The molecule has 0 aromatic rings. The van der Waals surface area contributed by atoms with E-state index in [9.17, 15) is 15.0 Å². The zero-order valence-corrected chi connectivity index (χ0v) is 22.6. The van der Waals surface area contributed by atoms with Crippen LogP contribution in [0.25, 0.3) is 0 Å². The molecule has 0 radical (unpaired) electrons. The summed E-state index contributed by atoms with van der Waals surface area (Å²) < 4.78 is 11.7. The Kier molecular flexibility index (Phi) is 6.33. The second-order valence-electron chi connectivity index (χ2n) is 13.1. The Hall–Kier alpha value is -1.17. The zero-order valence-electron chi connectivity index (χ0n) is 22.6. The number of hydrogen-bond donors (Lipinski definition) is 2. The normalized spacial score (nSPS) is 47.3. The predicted octanol–water partition coefficient (Wildman–Crippen LogP) is 5.34. The lowest BCUT2D eigenvalue weighted by Crippen LogP contribution is -2.58. The van der Waals surface area contributed by atoms with Gasteiger partial charge in [-0.05, 0) is 95.3 Å². The van der Waals surface area contributed by atoms with Gasteiger partial charge in [0.1, 0.15) is 11.7 Å². The van der Waals surface area contributed by atoms with E-state index in [4.69, 9.17) is 9.47 Å². The van der Waals surface area contributed by atoms with Crippen LogP contribution >= 0.6 is 0 Å². The van der Waals surface area contributed by atoms with E-state index >= 15 is 0 Å². The summed E-state index contributed by atoms with van der Waals surface area (Å²) in [6, 6.07) is 0. The highest BCUT2D eigenvalue weighted by molar-refractivity contribution is 5.89. The number of esters is 1. The monoisotopic (exact) mass is 486 g/mol. The quantitative estimate of drug-likeness (QED) is 0.414. The minimum atomic E-state index is -1.05. The average Bonchev–Trinajstić information content (AvgIpc) is 3.16. The lowest BCUT2D eigenvalue weighted by atomic mass is 9.46. The van der Waals surface area contributed by atoms with E-state index in [1.54, 1.807) is 0 Å². The van der Waals surface area contributed by atoms with Gasteiger partial charge in [0.15, 0.2) is 0 Å². The highest BCUT2D eigenvalue weighted by Gasteiger charge is 2.64. The molecule has 1 aliphatic heterocycles. The van der Waals surface area contributed by atoms with Gasteiger partial charge in [0, 0.05) is 30.4 Å². The summed E-state index contributed by atoms with van der Waals surface area (Å²) >= 11 is 0. The van der Waals surface area contributed by atoms with Crippen LogP contribution in [-0.2, 0) is 14.3 Å². The summed E-state index contributed by atoms with van der Waals surface area (Å²) in [7, 11) is 0. The number of carbonyl (C=O) groups excluding carboxylic acids is 1. The number of ether oxygens (including phenoxy) is 2. The number of aliphatic hydroxyl groups excluding tert-OH is 1. The number of carbonyl (C=O) groups is 1. The van der Waals surface area contributed by atoms with Gasteiger partial charge in [-0.1, -0.05) is 31.1 Å². The molecule has 3 fully saturated rings. The Morgan fingerprint density at radius 3 is 2.60 bits per heavy atom. The van der Waals surface area contributed by atoms with Gasteiger partial charge >= 0.3 is 5.97 Å². The van der Waals surface area contributed by atoms with Crippen molar-refractivity contribution in [1.29, 1.82) is 0 Å². The summed E-state index contributed by atoms with van der Waals surface area (Å²) in [6.07, 6.45) is 9.28. The van der Waals surface area contributed by atoms with Crippen LogP contribution in [0.15, 0.2) is 22.8 Å². The number of allylic oxidation sites excluding steroid dienone is 1. The third-order valence-corrected chi connectivity index (χ3v) is 11.6. The minimum Gasteiger partial charge on any atom is -0.456 e. The highest BCUT2D eigenvalue weighted by atomic mass is 16.6. The molecule has 5 nitrogen and oxygen atoms in total. The first kappa shape index (κ1) is 25.5. The molecule has 4 aliphatic carbocycles. The summed E-state index contributed by atoms with van der Waals surface area (Å²) in [5.74, 6) is 1.34. The molecule has 0 amide bonds. The van der Waals surface area contributed by atoms with E-state index in [1.165, 1.54) is 5.57 Å². The first-order chi connectivity index (χ1) is 16.4. The van der Waals surface area contributed by atoms with Gasteiger partial charge in [-0.15, -0.1) is 0 Å². The minimum absolute atomic E-state index is 0.0103. The number of hydrogen-bond acceptors (Lipinski definition) is 5. The number of aliphatic hydroxyl groups is 2. The smallest absolute Gasteiger partial charge is 0.334 e. The lowest BCUT2D eigenvalue weighted by Gasteiger charge is -2.60. The molecule has 0 aromatic heterocycles. The van der Waals surface area contributed by atoms with Gasteiger partial charge in [-0.25, -0.2) is 4.79 Å². The van der Waals surface area contributed by atoms with Crippen molar-refractivity contribution in [3.8, 4) is 0 Å². The van der Waals surface area contributed by atoms with Crippen LogP contribution < -0.4 is 0 Å². The van der Waals surface area contributed by atoms with Crippen LogP contribution in [0.4, 0.5) is 0 Å². The molecule has 0 saturated heterocycles. The van der Waals surface area contributed by atoms with E-state index < -0.39 is 11.7 Å². The maximum absolute atomic E-state index is 12.5. The van der Waals surface area contributed by atoms with Crippen molar-refractivity contribution in [2.75, 3.05) is 6.61 Å². The molecule has 0 aromatic carbocycles. The second-order valence-corrected chi connectivity index (χ2v) is 13.1. The molecule has 2 unspecified atom stereocenters. The molecule has 35 heavy (non-hydrogen) atoms. The van der Waals surface area contributed by atoms with Gasteiger partial charge in [0.25, 0.3) is 0 Å². The molecule has 3 saturated carbocycles. The topological polar surface area (TPSA) is 76.0 Å². The molecule has 5 heteroatoms. The van der Waals surface area contributed by atoms with Gasteiger partial charge in [-0.2, -0.15) is 0 Å². The third kappa shape index (κ3) is 3.70. The number of cyclic esters (lactones) is 1. The summed E-state index contributed by atoms with van der Waals surface area (Å²) in [5, 5.41) is 23.4. The molecule has 5 aliphatic rings. The van der Waals surface area contributed by atoms with Crippen LogP contribution in [0.2, 0.25) is 0 Å². The predicted molar refractivity (Wildman–Crippen MR) is 135 cm³/mol. The summed E-state index contributed by atoms with van der Waals surface area (Å²) in [4.78, 5) is 12.5. The van der Waals surface area contributed by atoms with E-state index in [0.29, 0.717) is 36.4 Å². The van der Waals surface area contributed by atoms with Gasteiger partial charge in [0.05, 0.1) is 12.2 Å². The maximum atomic E-state index is 12.5. The van der Waals surface area contributed by atoms with Gasteiger partial charge in [-0.3, -0.25) is 0 Å². The Labute approximate surface area is 211 Å². The van der Waals surface area contributed by atoms with Crippen molar-refractivity contribution in [3.05, 3.63) is 22.8 Å². The SMILES string of the molecule is CCO[C@@H]1CC2=CC[C@H]3C4CC[C@H]([C@@](C)(O)[C@H]5CC(C)=C(C)C(=O)O5)[C@@]4(C)CCC3[C@@]2(C)[C@@H](O)C1. The molecule has 0 spiro atoms. The fraction of sp³-hybridized carbons (Fsp3) is 0.833. The van der Waals surface area contributed by atoms with Crippen molar-refractivity contribution in [2.24, 2.45) is 34.5 Å². The van der Waals surface area contributed by atoms with Crippen molar-refractivity contribution in [3.63, 3.8) is 0 Å². The average molecular weight is 487 g/mol. The standard InChI is InChI=1S/C30H46O5/c1-7-34-20-15-19-8-9-21-22-10-11-24(30(6,33)26-14-17(2)18(3)27(32)35-26)28(22,4)13-12-23(21)29(19,5)25(31)16-20/h8,20-26,31,33H,7,9-16H2,1-6H3/t20-,21+,22?,23?,24+,25+,26-,28+,29+,30-/m1/s1. The zero-order chi connectivity index (χ0) is 25.3. The van der Waals surface area contributed by atoms with Gasteiger partial charge < -0.3 is 19.7 Å². The molecule has 2 N–H and O–H groups in total. The Balaban J connectivity index is 1.40. The van der Waals surface area contributed by atoms with Crippen molar-refractivity contribution >= 4 is 5.97 Å².